The number of nitriles is 2. The summed E-state index contributed by atoms with van der Waals surface area (Å²) in [6, 6.07) is 10.1. The van der Waals surface area contributed by atoms with Crippen LogP contribution < -0.4 is 4.72 Å². The number of hydrogen-bond donors (Lipinski definition) is 1. The summed E-state index contributed by atoms with van der Waals surface area (Å²) >= 11 is 5.49. The maximum atomic E-state index is 10.8. The molecule has 1 N–H and O–H groups in total. The van der Waals surface area contributed by atoms with Crippen molar-refractivity contribution in [1.82, 2.24) is 9.97 Å². The van der Waals surface area contributed by atoms with E-state index in [0.717, 1.165) is 6.26 Å². The van der Waals surface area contributed by atoms with Crippen LogP contribution in [0.2, 0.25) is 5.15 Å². The molecule has 0 aliphatic carbocycles. The van der Waals surface area contributed by atoms with Gasteiger partial charge >= 0.3 is 0 Å². The fourth-order valence-corrected chi connectivity index (χ4v) is 1.90. The molecule has 2 aromatic rings. The van der Waals surface area contributed by atoms with Crippen molar-refractivity contribution in [2.75, 3.05) is 11.0 Å². The van der Waals surface area contributed by atoms with Crippen LogP contribution >= 0.6 is 11.6 Å². The minimum Gasteiger partial charge on any atom is -0.266 e. The van der Waals surface area contributed by atoms with Gasteiger partial charge in [-0.15, -0.1) is 0 Å². The van der Waals surface area contributed by atoms with Gasteiger partial charge in [-0.3, -0.25) is 4.72 Å². The van der Waals surface area contributed by atoms with Crippen LogP contribution in [0.4, 0.5) is 5.82 Å². The van der Waals surface area contributed by atoms with Gasteiger partial charge in [-0.1, -0.05) is 11.6 Å². The summed E-state index contributed by atoms with van der Waals surface area (Å²) in [6.07, 6.45) is 3.96. The smallest absolute Gasteiger partial charge is 0.231 e. The lowest BCUT2D eigenvalue weighted by molar-refractivity contribution is 0.606. The van der Waals surface area contributed by atoms with Crippen molar-refractivity contribution in [3.8, 4) is 12.1 Å². The van der Waals surface area contributed by atoms with Crippen LogP contribution in [0, 0.1) is 22.7 Å². The molecular weight excluding hydrogens is 326 g/mol. The highest BCUT2D eigenvalue weighted by Gasteiger charge is 2.06. The van der Waals surface area contributed by atoms with Gasteiger partial charge in [-0.25, -0.2) is 18.4 Å². The monoisotopic (exact) mass is 335 g/mol. The van der Waals surface area contributed by atoms with Gasteiger partial charge in [-0.2, -0.15) is 10.5 Å². The number of nitrogens with zero attached hydrogens (tertiary/aromatic N) is 4. The summed E-state index contributed by atoms with van der Waals surface area (Å²) in [4.78, 5) is 7.41. The molecule has 0 amide bonds. The largest absolute Gasteiger partial charge is 0.266 e. The summed E-state index contributed by atoms with van der Waals surface area (Å²) in [7, 11) is -3.37. The molecule has 112 valence electrons. The Hall–Kier alpha value is -2.68. The Balaban J connectivity index is 0.000000235. The highest BCUT2D eigenvalue weighted by Crippen LogP contribution is 2.10. The maximum absolute atomic E-state index is 10.8. The Labute approximate surface area is 132 Å². The molecular formula is C13H10ClN5O2S. The van der Waals surface area contributed by atoms with E-state index in [1.807, 2.05) is 12.1 Å². The van der Waals surface area contributed by atoms with E-state index in [9.17, 15) is 8.42 Å². The standard InChI is InChI=1S/C7H7N3O2S.C6H3ClN2/c1-13(11,12)10-7-6(5-8)3-2-4-9-7;7-6-5(4-8)2-1-3-9-6/h2-4H,1H3,(H,9,10);1-3H. The molecule has 0 fully saturated rings. The molecule has 0 saturated heterocycles. The molecule has 0 spiro atoms. The van der Waals surface area contributed by atoms with E-state index in [1.165, 1.54) is 12.3 Å². The SMILES string of the molecule is CS(=O)(=O)Nc1ncccc1C#N.N#Cc1cccnc1Cl. The van der Waals surface area contributed by atoms with Gasteiger partial charge in [0, 0.05) is 12.4 Å². The highest BCUT2D eigenvalue weighted by molar-refractivity contribution is 7.92. The fraction of sp³-hybridized carbons (Fsp3) is 0.0769. The van der Waals surface area contributed by atoms with Crippen molar-refractivity contribution < 1.29 is 8.42 Å². The molecule has 0 aromatic carbocycles. The second kappa shape index (κ2) is 7.93. The van der Waals surface area contributed by atoms with Crippen LogP contribution in [-0.2, 0) is 10.0 Å². The molecule has 9 heteroatoms. The van der Waals surface area contributed by atoms with E-state index >= 15 is 0 Å². The Morgan fingerprint density at radius 1 is 1.09 bits per heavy atom. The third-order valence-corrected chi connectivity index (χ3v) is 2.96. The summed E-state index contributed by atoms with van der Waals surface area (Å²) in [5.74, 6) is 0.0625. The van der Waals surface area contributed by atoms with Crippen molar-refractivity contribution in [3.63, 3.8) is 0 Å². The van der Waals surface area contributed by atoms with Crippen molar-refractivity contribution in [2.24, 2.45) is 0 Å². The molecule has 0 aliphatic rings. The van der Waals surface area contributed by atoms with Gasteiger partial charge in [0.05, 0.1) is 17.4 Å². The molecule has 0 aliphatic heterocycles. The first-order valence-corrected chi connectivity index (χ1v) is 7.98. The van der Waals surface area contributed by atoms with Crippen LogP contribution in [0.15, 0.2) is 36.7 Å². The first-order chi connectivity index (χ1) is 10.4. The normalized spacial score (nSPS) is 9.64. The van der Waals surface area contributed by atoms with Crippen molar-refractivity contribution >= 4 is 27.4 Å². The predicted molar refractivity (Wildman–Crippen MR) is 81.4 cm³/mol. The van der Waals surface area contributed by atoms with E-state index in [1.54, 1.807) is 24.4 Å². The van der Waals surface area contributed by atoms with Crippen LogP contribution in [0.3, 0.4) is 0 Å². The second-order valence-electron chi connectivity index (χ2n) is 3.84. The molecule has 2 rings (SSSR count). The van der Waals surface area contributed by atoms with E-state index in [4.69, 9.17) is 22.1 Å². The molecule has 0 atom stereocenters. The van der Waals surface area contributed by atoms with Gasteiger partial charge in [0.25, 0.3) is 0 Å². The van der Waals surface area contributed by atoms with E-state index in [-0.39, 0.29) is 16.5 Å². The second-order valence-corrected chi connectivity index (χ2v) is 5.95. The van der Waals surface area contributed by atoms with Crippen molar-refractivity contribution in [2.45, 2.75) is 0 Å². The maximum Gasteiger partial charge on any atom is 0.231 e. The summed E-state index contributed by atoms with van der Waals surface area (Å²) in [5, 5.41) is 17.2. The van der Waals surface area contributed by atoms with Gasteiger partial charge in [0.2, 0.25) is 10.0 Å². The average Bonchev–Trinajstić information content (AvgIpc) is 2.47. The zero-order valence-electron chi connectivity index (χ0n) is 11.4. The number of aromatic nitrogens is 2. The quantitative estimate of drug-likeness (QED) is 0.837. The van der Waals surface area contributed by atoms with Gasteiger partial charge in [0.1, 0.15) is 17.3 Å². The molecule has 2 aromatic heterocycles. The number of nitrogens with one attached hydrogen (secondary N) is 1. The summed E-state index contributed by atoms with van der Waals surface area (Å²) < 4.78 is 23.8. The Bertz CT molecular complexity index is 840. The molecule has 22 heavy (non-hydrogen) atoms. The van der Waals surface area contributed by atoms with Crippen LogP contribution in [0.25, 0.3) is 0 Å². The molecule has 0 saturated carbocycles. The molecule has 0 unspecified atom stereocenters. The van der Waals surface area contributed by atoms with E-state index < -0.39 is 10.0 Å². The van der Waals surface area contributed by atoms with Crippen LogP contribution in [-0.4, -0.2) is 24.6 Å². The lowest BCUT2D eigenvalue weighted by Gasteiger charge is -2.02. The first kappa shape index (κ1) is 17.4. The highest BCUT2D eigenvalue weighted by atomic mass is 35.5. The number of rotatable bonds is 2. The number of pyridine rings is 2. The fourth-order valence-electron chi connectivity index (χ4n) is 1.22. The molecule has 0 radical (unpaired) electrons. The van der Waals surface area contributed by atoms with Gasteiger partial charge in [0.15, 0.2) is 5.82 Å². The summed E-state index contributed by atoms with van der Waals surface area (Å²) in [6.45, 7) is 0. The first-order valence-electron chi connectivity index (χ1n) is 5.71. The molecule has 0 bridgehead atoms. The minimum atomic E-state index is -3.37. The molecule has 2 heterocycles. The lowest BCUT2D eigenvalue weighted by Crippen LogP contribution is -2.11. The van der Waals surface area contributed by atoms with E-state index in [0.29, 0.717) is 5.56 Å². The topological polar surface area (TPSA) is 120 Å². The zero-order chi connectivity index (χ0) is 16.6. The number of anilines is 1. The zero-order valence-corrected chi connectivity index (χ0v) is 12.9. The third kappa shape index (κ3) is 5.75. The van der Waals surface area contributed by atoms with Crippen LogP contribution in [0.5, 0.6) is 0 Å². The van der Waals surface area contributed by atoms with Gasteiger partial charge in [-0.05, 0) is 24.3 Å². The Morgan fingerprint density at radius 2 is 1.64 bits per heavy atom. The van der Waals surface area contributed by atoms with Crippen molar-refractivity contribution in [3.05, 3.63) is 52.9 Å². The Kier molecular flexibility index (Phi) is 6.26. The van der Waals surface area contributed by atoms with E-state index in [2.05, 4.69) is 14.7 Å². The minimum absolute atomic E-state index is 0.0625. The molecule has 7 nitrogen and oxygen atoms in total. The lowest BCUT2D eigenvalue weighted by atomic mass is 10.3. The average molecular weight is 336 g/mol. The van der Waals surface area contributed by atoms with Gasteiger partial charge < -0.3 is 0 Å². The van der Waals surface area contributed by atoms with Crippen molar-refractivity contribution in [1.29, 1.82) is 10.5 Å². The number of halogens is 1. The number of sulfonamides is 1. The third-order valence-electron chi connectivity index (χ3n) is 2.09. The Morgan fingerprint density at radius 3 is 2.09 bits per heavy atom. The summed E-state index contributed by atoms with van der Waals surface area (Å²) in [5.41, 5.74) is 0.618. The predicted octanol–water partition coefficient (Wildman–Crippen LogP) is 1.93. The van der Waals surface area contributed by atoms with Crippen LogP contribution in [0.1, 0.15) is 11.1 Å². The number of hydrogen-bond acceptors (Lipinski definition) is 6.